The number of hydrogen-bond donors (Lipinski definition) is 0. The third kappa shape index (κ3) is 1.08. The van der Waals surface area contributed by atoms with Crippen molar-refractivity contribution in [3.63, 3.8) is 0 Å². The van der Waals surface area contributed by atoms with Crippen LogP contribution in [0.15, 0.2) is 22.7 Å². The molecule has 0 amide bonds. The van der Waals surface area contributed by atoms with Crippen molar-refractivity contribution in [1.82, 2.24) is 5.16 Å². The van der Waals surface area contributed by atoms with Gasteiger partial charge in [-0.1, -0.05) is 11.2 Å². The number of alkyl halides is 1. The van der Waals surface area contributed by atoms with Gasteiger partial charge in [0.2, 0.25) is 0 Å². The van der Waals surface area contributed by atoms with E-state index in [0.717, 1.165) is 16.7 Å². The molecule has 0 fully saturated rings. The molecule has 0 unspecified atom stereocenters. The Morgan fingerprint density at radius 2 is 2.33 bits per heavy atom. The second-order valence-corrected chi connectivity index (χ2v) is 3.03. The first-order valence-corrected chi connectivity index (χ1v) is 4.25. The molecule has 0 bridgehead atoms. The number of hydrogen-bond acceptors (Lipinski definition) is 2. The first-order chi connectivity index (χ1) is 5.81. The summed E-state index contributed by atoms with van der Waals surface area (Å²) in [5.41, 5.74) is 2.79. The zero-order valence-electron chi connectivity index (χ0n) is 6.67. The Kier molecular flexibility index (Phi) is 1.77. The molecule has 2 rings (SSSR count). The minimum Gasteiger partial charge on any atom is -0.356 e. The predicted octanol–water partition coefficient (Wildman–Crippen LogP) is 2.88. The number of aromatic nitrogens is 1. The van der Waals surface area contributed by atoms with Gasteiger partial charge in [-0.3, -0.25) is 0 Å². The Hall–Kier alpha value is -1.02. The molecule has 0 spiro atoms. The van der Waals surface area contributed by atoms with E-state index in [0.29, 0.717) is 5.88 Å². The van der Waals surface area contributed by atoms with Crippen molar-refractivity contribution in [2.24, 2.45) is 0 Å². The quantitative estimate of drug-likeness (QED) is 0.633. The van der Waals surface area contributed by atoms with Crippen LogP contribution in [0.1, 0.15) is 11.3 Å². The van der Waals surface area contributed by atoms with Gasteiger partial charge in [0.15, 0.2) is 5.58 Å². The van der Waals surface area contributed by atoms with Crippen LogP contribution in [0.5, 0.6) is 0 Å². The number of benzene rings is 1. The fourth-order valence-corrected chi connectivity index (χ4v) is 1.39. The van der Waals surface area contributed by atoms with Crippen LogP contribution in [0.3, 0.4) is 0 Å². The lowest BCUT2D eigenvalue weighted by Crippen LogP contribution is -1.76. The number of aryl methyl sites for hydroxylation is 1. The molecular formula is C9H8ClNO. The smallest absolute Gasteiger partial charge is 0.167 e. The maximum atomic E-state index is 5.66. The Morgan fingerprint density at radius 3 is 3.08 bits per heavy atom. The Balaban J connectivity index is 2.73. The monoisotopic (exact) mass is 181 g/mol. The highest BCUT2D eigenvalue weighted by Gasteiger charge is 2.05. The summed E-state index contributed by atoms with van der Waals surface area (Å²) >= 11 is 5.66. The highest BCUT2D eigenvalue weighted by Crippen LogP contribution is 2.20. The molecule has 0 N–H and O–H groups in total. The fourth-order valence-electron chi connectivity index (χ4n) is 1.19. The van der Waals surface area contributed by atoms with Gasteiger partial charge in [-0.25, -0.2) is 0 Å². The summed E-state index contributed by atoms with van der Waals surface area (Å²) in [7, 11) is 0. The summed E-state index contributed by atoms with van der Waals surface area (Å²) in [4.78, 5) is 0. The highest BCUT2D eigenvalue weighted by molar-refractivity contribution is 6.17. The molecule has 1 heterocycles. The van der Waals surface area contributed by atoms with E-state index in [1.807, 2.05) is 25.1 Å². The van der Waals surface area contributed by atoms with E-state index < -0.39 is 0 Å². The molecule has 0 saturated heterocycles. The first kappa shape index (κ1) is 7.62. The molecule has 1 aromatic heterocycles. The van der Waals surface area contributed by atoms with Crippen LogP contribution in [0, 0.1) is 6.92 Å². The average Bonchev–Trinajstić information content (AvgIpc) is 2.46. The van der Waals surface area contributed by atoms with Crippen LogP contribution in [-0.4, -0.2) is 5.16 Å². The van der Waals surface area contributed by atoms with Gasteiger partial charge in [-0.05, 0) is 24.6 Å². The van der Waals surface area contributed by atoms with Crippen LogP contribution in [-0.2, 0) is 5.88 Å². The molecule has 0 saturated carbocycles. The number of rotatable bonds is 1. The summed E-state index contributed by atoms with van der Waals surface area (Å²) in [5, 5.41) is 4.86. The topological polar surface area (TPSA) is 26.0 Å². The average molecular weight is 182 g/mol. The molecule has 0 aliphatic carbocycles. The number of nitrogens with zero attached hydrogens (tertiary/aromatic N) is 1. The lowest BCUT2D eigenvalue weighted by atomic mass is 10.2. The van der Waals surface area contributed by atoms with Crippen molar-refractivity contribution in [1.29, 1.82) is 0 Å². The van der Waals surface area contributed by atoms with Crippen LogP contribution in [0.25, 0.3) is 11.0 Å². The van der Waals surface area contributed by atoms with Gasteiger partial charge in [0.05, 0.1) is 5.88 Å². The standard InChI is InChI=1S/C9H8ClNO/c1-6-2-3-7-8(5-10)11-12-9(7)4-6/h2-4H,5H2,1H3. The van der Waals surface area contributed by atoms with Crippen molar-refractivity contribution < 1.29 is 4.52 Å². The second-order valence-electron chi connectivity index (χ2n) is 2.76. The van der Waals surface area contributed by atoms with Crippen molar-refractivity contribution in [3.05, 3.63) is 29.5 Å². The van der Waals surface area contributed by atoms with Gasteiger partial charge in [0, 0.05) is 5.39 Å². The third-order valence-electron chi connectivity index (χ3n) is 1.83. The lowest BCUT2D eigenvalue weighted by Gasteiger charge is -1.90. The van der Waals surface area contributed by atoms with E-state index in [4.69, 9.17) is 16.1 Å². The summed E-state index contributed by atoms with van der Waals surface area (Å²) in [5.74, 6) is 0.399. The normalized spacial score (nSPS) is 10.8. The van der Waals surface area contributed by atoms with Gasteiger partial charge in [0.25, 0.3) is 0 Å². The minimum absolute atomic E-state index is 0.399. The fraction of sp³-hybridized carbons (Fsp3) is 0.222. The Labute approximate surface area is 75.1 Å². The zero-order chi connectivity index (χ0) is 8.55. The molecule has 0 radical (unpaired) electrons. The van der Waals surface area contributed by atoms with E-state index in [1.165, 1.54) is 5.56 Å². The zero-order valence-corrected chi connectivity index (χ0v) is 7.43. The van der Waals surface area contributed by atoms with Gasteiger partial charge in [0.1, 0.15) is 5.69 Å². The van der Waals surface area contributed by atoms with Crippen LogP contribution in [0.4, 0.5) is 0 Å². The molecule has 12 heavy (non-hydrogen) atoms. The number of fused-ring (bicyclic) bond motifs is 1. The molecule has 0 aliphatic rings. The maximum absolute atomic E-state index is 5.66. The molecule has 2 nitrogen and oxygen atoms in total. The summed E-state index contributed by atoms with van der Waals surface area (Å²) in [6, 6.07) is 5.97. The van der Waals surface area contributed by atoms with Crippen molar-refractivity contribution in [2.75, 3.05) is 0 Å². The summed E-state index contributed by atoms with van der Waals surface area (Å²) in [6.07, 6.45) is 0. The molecule has 1 aromatic carbocycles. The van der Waals surface area contributed by atoms with Gasteiger partial charge < -0.3 is 4.52 Å². The van der Waals surface area contributed by atoms with Crippen LogP contribution in [0.2, 0.25) is 0 Å². The molecule has 0 atom stereocenters. The van der Waals surface area contributed by atoms with Gasteiger partial charge >= 0.3 is 0 Å². The molecule has 3 heteroatoms. The largest absolute Gasteiger partial charge is 0.356 e. The number of halogens is 1. The maximum Gasteiger partial charge on any atom is 0.167 e. The van der Waals surface area contributed by atoms with Crippen molar-refractivity contribution >= 4 is 22.6 Å². The van der Waals surface area contributed by atoms with E-state index in [2.05, 4.69) is 5.16 Å². The highest BCUT2D eigenvalue weighted by atomic mass is 35.5. The molecule has 62 valence electrons. The third-order valence-corrected chi connectivity index (χ3v) is 2.08. The second kappa shape index (κ2) is 2.79. The summed E-state index contributed by atoms with van der Waals surface area (Å²) in [6.45, 7) is 2.02. The Bertz CT molecular complexity index is 408. The molecule has 2 aromatic rings. The van der Waals surface area contributed by atoms with E-state index >= 15 is 0 Å². The van der Waals surface area contributed by atoms with E-state index in [-0.39, 0.29) is 0 Å². The van der Waals surface area contributed by atoms with E-state index in [9.17, 15) is 0 Å². The molecule has 0 aliphatic heterocycles. The van der Waals surface area contributed by atoms with Crippen molar-refractivity contribution in [2.45, 2.75) is 12.8 Å². The van der Waals surface area contributed by atoms with E-state index in [1.54, 1.807) is 0 Å². The van der Waals surface area contributed by atoms with Crippen molar-refractivity contribution in [3.8, 4) is 0 Å². The minimum atomic E-state index is 0.399. The van der Waals surface area contributed by atoms with Gasteiger partial charge in [-0.2, -0.15) is 0 Å². The van der Waals surface area contributed by atoms with Crippen LogP contribution < -0.4 is 0 Å². The van der Waals surface area contributed by atoms with Crippen LogP contribution >= 0.6 is 11.6 Å². The molecular weight excluding hydrogens is 174 g/mol. The first-order valence-electron chi connectivity index (χ1n) is 3.72. The SMILES string of the molecule is Cc1ccc2c(CCl)noc2c1. The lowest BCUT2D eigenvalue weighted by molar-refractivity contribution is 0.449. The Morgan fingerprint density at radius 1 is 1.50 bits per heavy atom. The van der Waals surface area contributed by atoms with Gasteiger partial charge in [-0.15, -0.1) is 11.6 Å². The predicted molar refractivity (Wildman–Crippen MR) is 48.3 cm³/mol. The summed E-state index contributed by atoms with van der Waals surface area (Å²) < 4.78 is 5.09.